The molecule has 2 unspecified atom stereocenters. The van der Waals surface area contributed by atoms with Crippen LogP contribution in [-0.2, 0) is 10.7 Å². The molecule has 1 aliphatic heterocycles. The summed E-state index contributed by atoms with van der Waals surface area (Å²) in [7, 11) is -5.51. The van der Waals surface area contributed by atoms with Gasteiger partial charge in [0.1, 0.15) is 23.4 Å². The van der Waals surface area contributed by atoms with Gasteiger partial charge >= 0.3 is 0 Å². The highest BCUT2D eigenvalue weighted by atomic mass is 31.2. The Kier molecular flexibility index (Phi) is 5.97. The number of benzene rings is 4. The second-order valence-corrected chi connectivity index (χ2v) is 14.4. The van der Waals surface area contributed by atoms with Crippen LogP contribution < -0.4 is 9.83 Å². The molecule has 0 saturated heterocycles. The Labute approximate surface area is 196 Å². The molecule has 1 N–H and O–H groups in total. The van der Waals surface area contributed by atoms with E-state index in [0.29, 0.717) is 24.2 Å². The average molecular weight is 473 g/mol. The number of rotatable bonds is 6. The van der Waals surface area contributed by atoms with Crippen LogP contribution in [0.3, 0.4) is 0 Å². The molecule has 0 bridgehead atoms. The predicted octanol–water partition coefficient (Wildman–Crippen LogP) is 7.07. The lowest BCUT2D eigenvalue weighted by molar-refractivity contribution is 0.489. The van der Waals surface area contributed by atoms with Gasteiger partial charge in [-0.3, -0.25) is 4.57 Å². The monoisotopic (exact) mass is 473 g/mol. The first-order chi connectivity index (χ1) is 16.0. The third-order valence-electron chi connectivity index (χ3n) is 6.23. The van der Waals surface area contributed by atoms with E-state index in [1.54, 1.807) is 6.66 Å². The molecule has 33 heavy (non-hydrogen) atoms. The molecule has 2 atom stereocenters. The van der Waals surface area contributed by atoms with Gasteiger partial charge in [-0.2, -0.15) is 0 Å². The molecule has 0 aliphatic carbocycles. The minimum Gasteiger partial charge on any atom is -0.442 e. The minimum absolute atomic E-state index is 0.330. The van der Waals surface area contributed by atoms with E-state index in [2.05, 4.69) is 18.2 Å². The summed E-state index contributed by atoms with van der Waals surface area (Å²) in [6, 6.07) is 34.1. The summed E-state index contributed by atoms with van der Waals surface area (Å²) in [5.41, 5.74) is 5.39. The van der Waals surface area contributed by atoms with Crippen molar-refractivity contribution in [1.82, 2.24) is 0 Å². The fourth-order valence-electron chi connectivity index (χ4n) is 4.55. The summed E-state index contributed by atoms with van der Waals surface area (Å²) < 4.78 is 19.7. The van der Waals surface area contributed by atoms with Crippen molar-refractivity contribution < 1.29 is 14.0 Å². The molecule has 0 saturated carbocycles. The van der Waals surface area contributed by atoms with E-state index in [1.165, 1.54) is 5.56 Å². The number of hydrogen-bond donors (Lipinski definition) is 1. The van der Waals surface area contributed by atoms with Crippen molar-refractivity contribution in [2.75, 3.05) is 19.0 Å². The Morgan fingerprint density at radius 2 is 1.39 bits per heavy atom. The predicted molar refractivity (Wildman–Crippen MR) is 140 cm³/mol. The van der Waals surface area contributed by atoms with Gasteiger partial charge < -0.3 is 4.52 Å². The van der Waals surface area contributed by atoms with Crippen molar-refractivity contribution in [1.29, 1.82) is 0 Å². The third-order valence-corrected chi connectivity index (χ3v) is 11.3. The molecule has 1 aliphatic rings. The topological polar surface area (TPSA) is 46.5 Å². The molecule has 5 heteroatoms. The Hall–Kier alpha value is -2.70. The third kappa shape index (κ3) is 4.55. The van der Waals surface area contributed by atoms with E-state index in [4.69, 9.17) is 4.52 Å². The van der Waals surface area contributed by atoms with Gasteiger partial charge in [-0.15, -0.1) is 0 Å². The fraction of sp³-hybridized carbons (Fsp3) is 0.143. The first-order valence-electron chi connectivity index (χ1n) is 11.1. The van der Waals surface area contributed by atoms with Gasteiger partial charge in [0.15, 0.2) is 7.49 Å². The Morgan fingerprint density at radius 1 is 0.788 bits per heavy atom. The lowest BCUT2D eigenvalue weighted by atomic mass is 10.0. The lowest BCUT2D eigenvalue weighted by Gasteiger charge is -2.29. The van der Waals surface area contributed by atoms with Gasteiger partial charge in [-0.1, -0.05) is 91.0 Å². The van der Waals surface area contributed by atoms with E-state index >= 15 is 0 Å². The zero-order chi connectivity index (χ0) is 22.9. The quantitative estimate of drug-likeness (QED) is 0.305. The van der Waals surface area contributed by atoms with Crippen molar-refractivity contribution >= 4 is 20.2 Å². The highest BCUT2D eigenvalue weighted by Gasteiger charge is 2.46. The van der Waals surface area contributed by atoms with Crippen LogP contribution in [-0.4, -0.2) is 23.9 Å². The van der Waals surface area contributed by atoms with Crippen molar-refractivity contribution in [3.8, 4) is 28.0 Å². The van der Waals surface area contributed by atoms with Gasteiger partial charge in [0.05, 0.1) is 6.16 Å². The molecule has 4 aromatic carbocycles. The fourth-order valence-corrected chi connectivity index (χ4v) is 10.4. The molecular formula is C28H27O3P2+. The van der Waals surface area contributed by atoms with Crippen LogP contribution in [0.15, 0.2) is 103 Å². The van der Waals surface area contributed by atoms with Gasteiger partial charge in [0.25, 0.3) is 0 Å². The molecule has 3 nitrogen and oxygen atoms in total. The zero-order valence-corrected chi connectivity index (χ0v) is 20.4. The molecule has 5 rings (SSSR count). The van der Waals surface area contributed by atoms with Crippen LogP contribution in [0.1, 0.15) is 5.56 Å². The van der Waals surface area contributed by atoms with Crippen LogP contribution in [0.2, 0.25) is 0 Å². The Morgan fingerprint density at radius 3 is 2.18 bits per heavy atom. The van der Waals surface area contributed by atoms with Crippen molar-refractivity contribution in [2.45, 2.75) is 6.16 Å². The Bertz CT molecular complexity index is 1340. The molecule has 166 valence electrons. The van der Waals surface area contributed by atoms with Crippen molar-refractivity contribution in [3.63, 3.8) is 0 Å². The lowest BCUT2D eigenvalue weighted by Crippen LogP contribution is -2.24. The zero-order valence-electron chi connectivity index (χ0n) is 18.6. The summed E-state index contributed by atoms with van der Waals surface area (Å²) in [5, 5.41) is 1.01. The van der Waals surface area contributed by atoms with Crippen LogP contribution >= 0.6 is 14.9 Å². The molecule has 0 amide bonds. The molecule has 4 aromatic rings. The maximum atomic E-state index is 13.6. The number of hydrogen-bond acceptors (Lipinski definition) is 3. The maximum absolute atomic E-state index is 13.6. The Balaban J connectivity index is 1.40. The van der Waals surface area contributed by atoms with E-state index in [-0.39, 0.29) is 0 Å². The van der Waals surface area contributed by atoms with Crippen LogP contribution in [0.25, 0.3) is 22.3 Å². The highest BCUT2D eigenvalue weighted by Crippen LogP contribution is 2.63. The van der Waals surface area contributed by atoms with Gasteiger partial charge in [-0.05, 0) is 28.8 Å². The molecule has 0 spiro atoms. The van der Waals surface area contributed by atoms with E-state index in [1.807, 2.05) is 84.9 Å². The first kappa shape index (κ1) is 22.1. The normalized spacial score (nSPS) is 18.6. The van der Waals surface area contributed by atoms with Gasteiger partial charge in [0.2, 0.25) is 7.37 Å². The highest BCUT2D eigenvalue weighted by molar-refractivity contribution is 7.78. The number of para-hydroxylation sites is 1. The molecule has 0 fully saturated rings. The first-order valence-corrected chi connectivity index (χ1v) is 15.5. The maximum Gasteiger partial charge on any atom is 0.248 e. The minimum atomic E-state index is -3.00. The second-order valence-electron chi connectivity index (χ2n) is 8.67. The van der Waals surface area contributed by atoms with E-state index in [9.17, 15) is 9.46 Å². The standard InChI is InChI=1S/C28H27O3P2/c1-32(29,31-27-17-9-7-15-25(27)22-11-3-2-4-12-22)19-20-33(30)21-23-13-5-6-14-24(23)26-16-8-10-18-28(26)33/h2-18,30H,19-21H2,1H3/q+1. The largest absolute Gasteiger partial charge is 0.442 e. The molecule has 1 heterocycles. The van der Waals surface area contributed by atoms with E-state index < -0.39 is 14.9 Å². The summed E-state index contributed by atoms with van der Waals surface area (Å²) in [5.74, 6) is 0.620. The molecular weight excluding hydrogens is 446 g/mol. The summed E-state index contributed by atoms with van der Waals surface area (Å²) in [6.07, 6.45) is 1.41. The van der Waals surface area contributed by atoms with Gasteiger partial charge in [0, 0.05) is 17.8 Å². The van der Waals surface area contributed by atoms with Crippen LogP contribution in [0.4, 0.5) is 0 Å². The van der Waals surface area contributed by atoms with Crippen LogP contribution in [0, 0.1) is 0 Å². The summed E-state index contributed by atoms with van der Waals surface area (Å²) in [4.78, 5) is 11.9. The van der Waals surface area contributed by atoms with Crippen molar-refractivity contribution in [2.24, 2.45) is 0 Å². The van der Waals surface area contributed by atoms with E-state index in [0.717, 1.165) is 27.6 Å². The second kappa shape index (κ2) is 8.92. The summed E-state index contributed by atoms with van der Waals surface area (Å²) in [6.45, 7) is 1.69. The average Bonchev–Trinajstić information content (AvgIpc) is 2.84. The van der Waals surface area contributed by atoms with Gasteiger partial charge in [-0.25, -0.2) is 4.89 Å². The van der Waals surface area contributed by atoms with Crippen molar-refractivity contribution in [3.05, 3.63) is 109 Å². The SMILES string of the molecule is CP(=O)(CC[P+]1(O)Cc2ccccc2-c2ccccc21)Oc1ccccc1-c1ccccc1. The summed E-state index contributed by atoms with van der Waals surface area (Å²) >= 11 is 0. The number of fused-ring (bicyclic) bond motifs is 3. The molecule has 0 aromatic heterocycles. The smallest absolute Gasteiger partial charge is 0.248 e. The van der Waals surface area contributed by atoms with Crippen LogP contribution in [0.5, 0.6) is 5.75 Å². The molecule has 0 radical (unpaired) electrons.